The van der Waals surface area contributed by atoms with Crippen molar-refractivity contribution >= 4 is 6.08 Å². The molecule has 5 heteroatoms. The van der Waals surface area contributed by atoms with E-state index in [4.69, 9.17) is 9.47 Å². The zero-order valence-electron chi connectivity index (χ0n) is 16.9. The lowest BCUT2D eigenvalue weighted by atomic mass is 9.93. The lowest BCUT2D eigenvalue weighted by molar-refractivity contribution is 0.226. The van der Waals surface area contributed by atoms with Gasteiger partial charge in [0.2, 0.25) is 5.82 Å². The minimum atomic E-state index is -1.01. The first-order valence-electron chi connectivity index (χ1n) is 9.32. The maximum atomic E-state index is 13.9. The van der Waals surface area contributed by atoms with Gasteiger partial charge in [0.15, 0.2) is 17.4 Å². The first-order chi connectivity index (χ1) is 13.2. The summed E-state index contributed by atoms with van der Waals surface area (Å²) < 4.78 is 52.1. The van der Waals surface area contributed by atoms with Gasteiger partial charge in [-0.05, 0) is 55.4 Å². The third kappa shape index (κ3) is 6.95. The summed E-state index contributed by atoms with van der Waals surface area (Å²) in [5.74, 6) is -2.49. The van der Waals surface area contributed by atoms with Crippen molar-refractivity contribution in [2.75, 3.05) is 13.2 Å². The summed E-state index contributed by atoms with van der Waals surface area (Å²) in [6.45, 7) is 17.1. The molecule has 0 amide bonds. The fraction of sp³-hybridized carbons (Fsp3) is 0.391. The van der Waals surface area contributed by atoms with E-state index in [-0.39, 0.29) is 35.5 Å². The largest absolute Gasteiger partial charge is 0.491 e. The highest BCUT2D eigenvalue weighted by molar-refractivity contribution is 5.50. The molecular weight excluding hydrogens is 365 g/mol. The van der Waals surface area contributed by atoms with Gasteiger partial charge < -0.3 is 9.47 Å². The first-order valence-corrected chi connectivity index (χ1v) is 9.32. The summed E-state index contributed by atoms with van der Waals surface area (Å²) in [5.41, 5.74) is 0.733. The van der Waals surface area contributed by atoms with Crippen LogP contribution in [0.3, 0.4) is 0 Å². The highest BCUT2D eigenvalue weighted by atomic mass is 19.2. The Bertz CT molecular complexity index is 738. The average Bonchev–Trinajstić information content (AvgIpc) is 2.67. The predicted molar refractivity (Wildman–Crippen MR) is 109 cm³/mol. The Morgan fingerprint density at radius 2 is 1.82 bits per heavy atom. The number of hydrogen-bond donors (Lipinski definition) is 0. The summed E-state index contributed by atoms with van der Waals surface area (Å²) in [5, 5.41) is 0. The number of ether oxygens (including phenoxy) is 2. The number of halogens is 3. The van der Waals surface area contributed by atoms with Gasteiger partial charge in [0.1, 0.15) is 5.76 Å². The van der Waals surface area contributed by atoms with Crippen LogP contribution in [0.1, 0.15) is 39.2 Å². The molecule has 1 aromatic rings. The molecule has 0 aromatic heterocycles. The van der Waals surface area contributed by atoms with Crippen molar-refractivity contribution in [2.24, 2.45) is 11.8 Å². The van der Waals surface area contributed by atoms with Gasteiger partial charge in [-0.3, -0.25) is 0 Å². The van der Waals surface area contributed by atoms with Crippen molar-refractivity contribution in [3.05, 3.63) is 72.3 Å². The smallest absolute Gasteiger partial charge is 0.201 e. The van der Waals surface area contributed by atoms with Gasteiger partial charge in [-0.25, -0.2) is 8.78 Å². The van der Waals surface area contributed by atoms with Crippen LogP contribution in [0.2, 0.25) is 0 Å². The molecule has 0 fully saturated rings. The van der Waals surface area contributed by atoms with E-state index in [1.54, 1.807) is 6.92 Å². The third-order valence-electron chi connectivity index (χ3n) is 4.44. The Morgan fingerprint density at radius 1 is 1.14 bits per heavy atom. The molecule has 0 N–H and O–H groups in total. The van der Waals surface area contributed by atoms with E-state index in [0.29, 0.717) is 12.2 Å². The Labute approximate surface area is 166 Å². The van der Waals surface area contributed by atoms with Crippen LogP contribution in [0.5, 0.6) is 5.75 Å². The van der Waals surface area contributed by atoms with Crippen LogP contribution in [0.25, 0.3) is 6.08 Å². The second-order valence-electron chi connectivity index (χ2n) is 6.80. The summed E-state index contributed by atoms with van der Waals surface area (Å²) >= 11 is 0. The van der Waals surface area contributed by atoms with Crippen LogP contribution in [0.15, 0.2) is 55.1 Å². The van der Waals surface area contributed by atoms with E-state index in [1.807, 2.05) is 13.8 Å². The normalized spacial score (nSPS) is 13.6. The lowest BCUT2D eigenvalue weighted by Crippen LogP contribution is -2.11. The molecular formula is C23H29F3O2. The van der Waals surface area contributed by atoms with Gasteiger partial charge in [0.05, 0.1) is 13.2 Å². The monoisotopic (exact) mass is 394 g/mol. The van der Waals surface area contributed by atoms with E-state index in [9.17, 15) is 13.2 Å². The Balaban J connectivity index is 2.52. The average molecular weight is 394 g/mol. The van der Waals surface area contributed by atoms with Gasteiger partial charge in [0.25, 0.3) is 0 Å². The molecule has 0 aliphatic rings. The second kappa shape index (κ2) is 11.4. The van der Waals surface area contributed by atoms with Crippen LogP contribution >= 0.6 is 0 Å². The zero-order chi connectivity index (χ0) is 21.3. The van der Waals surface area contributed by atoms with E-state index in [2.05, 4.69) is 19.7 Å². The van der Waals surface area contributed by atoms with Crippen LogP contribution in [0, 0.1) is 23.5 Å². The van der Waals surface area contributed by atoms with Gasteiger partial charge in [-0.15, -0.1) is 0 Å². The molecule has 28 heavy (non-hydrogen) atoms. The van der Waals surface area contributed by atoms with Crippen LogP contribution in [-0.4, -0.2) is 13.2 Å². The van der Waals surface area contributed by atoms with E-state index in [1.165, 1.54) is 24.3 Å². The topological polar surface area (TPSA) is 18.5 Å². The predicted octanol–water partition coefficient (Wildman–Crippen LogP) is 7.00. The van der Waals surface area contributed by atoms with E-state index >= 15 is 0 Å². The highest BCUT2D eigenvalue weighted by Crippen LogP contribution is 2.26. The van der Waals surface area contributed by atoms with Gasteiger partial charge in [0, 0.05) is 5.56 Å². The molecule has 0 saturated carbocycles. The fourth-order valence-corrected chi connectivity index (χ4v) is 2.48. The van der Waals surface area contributed by atoms with Crippen molar-refractivity contribution in [2.45, 2.75) is 33.6 Å². The molecule has 1 aromatic carbocycles. The summed E-state index contributed by atoms with van der Waals surface area (Å²) in [4.78, 5) is 0. The molecule has 0 saturated heterocycles. The maximum Gasteiger partial charge on any atom is 0.201 e. The summed E-state index contributed by atoms with van der Waals surface area (Å²) in [7, 11) is 0. The number of allylic oxidation sites excluding steroid dienone is 3. The standard InChI is InChI=1S/C23H29F3O2/c1-7-19-11-12-21(23(26)22(19)25)28-14-15(3)9-10-16(4)17(5)13-20(24)18(6)27-8-2/h7,11-13,15-16H,1,5-6,8-10,14H2,2-4H3/b20-13+. The first kappa shape index (κ1) is 23.6. The molecule has 154 valence electrons. The molecule has 1 rings (SSSR count). The van der Waals surface area contributed by atoms with Crippen LogP contribution in [0.4, 0.5) is 13.2 Å². The van der Waals surface area contributed by atoms with E-state index in [0.717, 1.165) is 12.8 Å². The molecule has 2 unspecified atom stereocenters. The molecule has 2 nitrogen and oxygen atoms in total. The molecule has 0 heterocycles. The number of benzene rings is 1. The Morgan fingerprint density at radius 3 is 2.43 bits per heavy atom. The van der Waals surface area contributed by atoms with Crippen molar-refractivity contribution in [1.29, 1.82) is 0 Å². The van der Waals surface area contributed by atoms with Crippen molar-refractivity contribution < 1.29 is 22.6 Å². The quantitative estimate of drug-likeness (QED) is 0.281. The SMILES string of the molecule is C=Cc1ccc(OCC(C)CCC(C)C(=C)/C=C(/F)C(=C)OCC)c(F)c1F. The molecule has 0 aliphatic carbocycles. The zero-order valence-corrected chi connectivity index (χ0v) is 16.9. The molecule has 0 bridgehead atoms. The number of rotatable bonds is 12. The molecule has 0 aliphatic heterocycles. The highest BCUT2D eigenvalue weighted by Gasteiger charge is 2.15. The fourth-order valence-electron chi connectivity index (χ4n) is 2.48. The minimum Gasteiger partial charge on any atom is -0.491 e. The number of hydrogen-bond acceptors (Lipinski definition) is 2. The van der Waals surface area contributed by atoms with Gasteiger partial charge in [-0.2, -0.15) is 4.39 Å². The van der Waals surface area contributed by atoms with Crippen molar-refractivity contribution in [3.8, 4) is 5.75 Å². The third-order valence-corrected chi connectivity index (χ3v) is 4.44. The summed E-state index contributed by atoms with van der Waals surface area (Å²) in [6.07, 6.45) is 4.10. The van der Waals surface area contributed by atoms with Crippen LogP contribution < -0.4 is 4.74 Å². The second-order valence-corrected chi connectivity index (χ2v) is 6.80. The lowest BCUT2D eigenvalue weighted by Gasteiger charge is -2.17. The molecule has 0 spiro atoms. The molecule has 0 radical (unpaired) electrons. The van der Waals surface area contributed by atoms with Crippen molar-refractivity contribution in [1.82, 2.24) is 0 Å². The minimum absolute atomic E-state index is 0.00523. The summed E-state index contributed by atoms with van der Waals surface area (Å²) in [6, 6.07) is 2.82. The maximum absolute atomic E-state index is 13.9. The van der Waals surface area contributed by atoms with E-state index < -0.39 is 17.5 Å². The Kier molecular flexibility index (Phi) is 9.63. The molecule has 2 atom stereocenters. The Hall–Kier alpha value is -2.43. The van der Waals surface area contributed by atoms with Crippen LogP contribution in [-0.2, 0) is 4.74 Å². The van der Waals surface area contributed by atoms with Crippen molar-refractivity contribution in [3.63, 3.8) is 0 Å². The van der Waals surface area contributed by atoms with Gasteiger partial charge >= 0.3 is 0 Å². The van der Waals surface area contributed by atoms with Gasteiger partial charge in [-0.1, -0.05) is 39.7 Å².